The number of rotatable bonds is 43. The first-order chi connectivity index (χ1) is 33.4. The van der Waals surface area contributed by atoms with Gasteiger partial charge in [0.05, 0.1) is 23.8 Å². The van der Waals surface area contributed by atoms with E-state index in [4.69, 9.17) is 0 Å². The summed E-state index contributed by atoms with van der Waals surface area (Å²) in [4.78, 5) is 58.4. The maximum Gasteiger partial charge on any atom is 0.314 e. The summed E-state index contributed by atoms with van der Waals surface area (Å²) in [6.45, 7) is 6.58. The zero-order chi connectivity index (χ0) is 48.8. The number of hydrogen-bond acceptors (Lipinski definition) is 8. The highest BCUT2D eigenvalue weighted by molar-refractivity contribution is 5.86. The van der Waals surface area contributed by atoms with E-state index < -0.39 is 0 Å². The molecule has 2 aromatic rings. The summed E-state index contributed by atoms with van der Waals surface area (Å²) in [5, 5.41) is 19.6. The van der Waals surface area contributed by atoms with Crippen LogP contribution >= 0.6 is 0 Å². The van der Waals surface area contributed by atoms with E-state index in [2.05, 4.69) is 66.1 Å². The number of urea groups is 2. The van der Waals surface area contributed by atoms with Gasteiger partial charge in [0.2, 0.25) is 11.8 Å². The molecule has 2 rings (SSSR count). The van der Waals surface area contributed by atoms with Crippen molar-refractivity contribution in [3.63, 3.8) is 0 Å². The molecule has 0 spiro atoms. The second-order valence-corrected chi connectivity index (χ2v) is 18.3. The van der Waals surface area contributed by atoms with Gasteiger partial charge in [-0.05, 0) is 31.7 Å². The number of carbonyl (C=O) groups is 4. The molecule has 1 heterocycles. The third-order valence-corrected chi connectivity index (χ3v) is 11.9. The molecular formula is C54H92N10O4. The number of unbranched alkanes of at least 4 members (excludes halogenated alkanes) is 26. The second-order valence-electron chi connectivity index (χ2n) is 18.3. The van der Waals surface area contributed by atoms with Crippen LogP contribution in [0, 0.1) is 0 Å². The molecule has 1 aromatic carbocycles. The number of nitrogens with zero attached hydrogens (tertiary/aromatic N) is 4. The van der Waals surface area contributed by atoms with Crippen molar-refractivity contribution in [3.8, 4) is 11.4 Å². The predicted octanol–water partition coefficient (Wildman–Crippen LogP) is 12.2. The van der Waals surface area contributed by atoms with E-state index in [0.717, 1.165) is 31.2 Å². The molecule has 14 heteroatoms. The number of nitrogens with one attached hydrogen (secondary N) is 6. The van der Waals surface area contributed by atoms with Crippen LogP contribution in [-0.4, -0.2) is 72.5 Å². The summed E-state index contributed by atoms with van der Waals surface area (Å²) in [5.74, 6) is -0.149. The lowest BCUT2D eigenvalue weighted by molar-refractivity contribution is -0.121. The highest BCUT2D eigenvalue weighted by atomic mass is 16.2. The van der Waals surface area contributed by atoms with E-state index in [1.165, 1.54) is 167 Å². The maximum atomic E-state index is 12.5. The molecule has 0 radical (unpaired) electrons. The number of aromatic nitrogens is 2. The van der Waals surface area contributed by atoms with E-state index in [1.54, 1.807) is 6.07 Å². The summed E-state index contributed by atoms with van der Waals surface area (Å²) in [7, 11) is 0. The summed E-state index contributed by atoms with van der Waals surface area (Å²) in [6, 6.07) is 10.6. The molecule has 0 unspecified atom stereocenters. The largest absolute Gasteiger partial charge is 0.338 e. The maximum absolute atomic E-state index is 12.5. The first kappa shape index (κ1) is 59.2. The number of benzene rings is 1. The lowest BCUT2D eigenvalue weighted by atomic mass is 10.0. The minimum Gasteiger partial charge on any atom is -0.338 e. The van der Waals surface area contributed by atoms with Crippen LogP contribution in [0.5, 0.6) is 0 Å². The highest BCUT2D eigenvalue weighted by Crippen LogP contribution is 2.16. The zero-order valence-electron chi connectivity index (χ0n) is 42.5. The Balaban J connectivity index is 1.56. The molecule has 1 aromatic heterocycles. The summed E-state index contributed by atoms with van der Waals surface area (Å²) in [6.07, 6.45) is 40.6. The van der Waals surface area contributed by atoms with E-state index in [1.807, 2.05) is 30.3 Å². The van der Waals surface area contributed by atoms with Crippen LogP contribution in [-0.2, 0) is 9.59 Å². The number of hydrazone groups is 2. The normalized spacial score (nSPS) is 11.3. The van der Waals surface area contributed by atoms with Crippen LogP contribution < -0.4 is 32.1 Å². The van der Waals surface area contributed by atoms with Crippen molar-refractivity contribution < 1.29 is 19.2 Å². The van der Waals surface area contributed by atoms with Gasteiger partial charge in [0.1, 0.15) is 0 Å². The Morgan fingerprint density at radius 1 is 0.426 bits per heavy atom. The van der Waals surface area contributed by atoms with Gasteiger partial charge in [-0.1, -0.05) is 211 Å². The molecule has 6 N–H and O–H groups in total. The zero-order valence-corrected chi connectivity index (χ0v) is 42.5. The minimum atomic E-state index is -0.288. The van der Waals surface area contributed by atoms with Crippen LogP contribution in [0.2, 0.25) is 0 Å². The van der Waals surface area contributed by atoms with Gasteiger partial charge in [0.25, 0.3) is 0 Å². The molecule has 382 valence electrons. The lowest BCUT2D eigenvalue weighted by Gasteiger charge is -2.07. The molecular weight excluding hydrogens is 853 g/mol. The highest BCUT2D eigenvalue weighted by Gasteiger charge is 2.08. The number of carbonyl (C=O) groups excluding carboxylic acids is 4. The topological polar surface area (TPSA) is 191 Å². The second kappa shape index (κ2) is 43.4. The van der Waals surface area contributed by atoms with Crippen molar-refractivity contribution in [2.45, 2.75) is 219 Å². The summed E-state index contributed by atoms with van der Waals surface area (Å²) >= 11 is 0. The molecule has 0 aliphatic rings. The standard InChI is InChI=1S/C54H92N10O4/c1-3-5-7-9-11-13-15-17-19-21-23-25-27-32-40-55-53(67)57-42-34-38-50(65)63-59-45-48-44-49(62-52(61-48)47-36-30-29-31-37-47)46-60-64-51(66)39-35-43-58-54(68)56-41-33-28-26-24-22-20-18-16-14-12-10-8-6-4-2/h29-31,36-37,44-46H,3-28,32-35,38-43H2,1-2H3,(H,63,65)(H,64,66)(H2,55,57,67)(H2,56,58,68)/b59-45+,60-46+. The van der Waals surface area contributed by atoms with Gasteiger partial charge in [-0.3, -0.25) is 9.59 Å². The first-order valence-electron chi connectivity index (χ1n) is 27.0. The lowest BCUT2D eigenvalue weighted by Crippen LogP contribution is -2.36. The van der Waals surface area contributed by atoms with Gasteiger partial charge in [0, 0.05) is 44.6 Å². The van der Waals surface area contributed by atoms with Crippen molar-refractivity contribution in [1.29, 1.82) is 0 Å². The molecule has 14 nitrogen and oxygen atoms in total. The van der Waals surface area contributed by atoms with Crippen molar-refractivity contribution in [1.82, 2.24) is 42.1 Å². The third-order valence-electron chi connectivity index (χ3n) is 11.9. The van der Waals surface area contributed by atoms with Gasteiger partial charge >= 0.3 is 12.1 Å². The van der Waals surface area contributed by atoms with Gasteiger partial charge < -0.3 is 21.3 Å². The molecule has 0 bridgehead atoms. The molecule has 68 heavy (non-hydrogen) atoms. The van der Waals surface area contributed by atoms with Crippen molar-refractivity contribution in [3.05, 3.63) is 47.8 Å². The number of hydrogen-bond donors (Lipinski definition) is 6. The quantitative estimate of drug-likeness (QED) is 0.0218. The van der Waals surface area contributed by atoms with E-state index in [9.17, 15) is 19.2 Å². The van der Waals surface area contributed by atoms with Gasteiger partial charge in [-0.15, -0.1) is 0 Å². The van der Waals surface area contributed by atoms with Crippen LogP contribution in [0.3, 0.4) is 0 Å². The van der Waals surface area contributed by atoms with Gasteiger partial charge in [-0.25, -0.2) is 30.4 Å². The smallest absolute Gasteiger partial charge is 0.314 e. The summed E-state index contributed by atoms with van der Waals surface area (Å²) in [5.41, 5.74) is 6.68. The molecule has 0 saturated heterocycles. The average molecular weight is 945 g/mol. The molecule has 0 saturated carbocycles. The Morgan fingerprint density at radius 3 is 1.07 bits per heavy atom. The van der Waals surface area contributed by atoms with E-state index in [-0.39, 0.29) is 36.7 Å². The Morgan fingerprint density at radius 2 is 0.735 bits per heavy atom. The molecule has 0 aliphatic carbocycles. The van der Waals surface area contributed by atoms with Crippen molar-refractivity contribution >= 4 is 36.3 Å². The number of amides is 6. The summed E-state index contributed by atoms with van der Waals surface area (Å²) < 4.78 is 0. The van der Waals surface area contributed by atoms with E-state index >= 15 is 0 Å². The third kappa shape index (κ3) is 35.3. The molecule has 0 fully saturated rings. The Bertz CT molecular complexity index is 1540. The molecule has 6 amide bonds. The first-order valence-corrected chi connectivity index (χ1v) is 27.0. The SMILES string of the molecule is CCCCCCCCCCCCCCCCNC(=O)NCCCC(=O)N/N=C/c1cc(/C=N/NC(=O)CCCNC(=O)NCCCCCCCCCCCCCCCC)nc(-c2ccccc2)n1. The minimum absolute atomic E-state index is 0.191. The van der Waals surface area contributed by atoms with Crippen LogP contribution in [0.1, 0.15) is 231 Å². The van der Waals surface area contributed by atoms with Crippen molar-refractivity contribution in [2.75, 3.05) is 26.2 Å². The van der Waals surface area contributed by atoms with Crippen LogP contribution in [0.15, 0.2) is 46.6 Å². The van der Waals surface area contributed by atoms with Gasteiger partial charge in [-0.2, -0.15) is 10.2 Å². The molecule has 0 atom stereocenters. The van der Waals surface area contributed by atoms with Crippen LogP contribution in [0.25, 0.3) is 11.4 Å². The fourth-order valence-electron chi connectivity index (χ4n) is 7.86. The monoisotopic (exact) mass is 945 g/mol. The Kier molecular flexibility index (Phi) is 37.8. The van der Waals surface area contributed by atoms with Crippen LogP contribution in [0.4, 0.5) is 9.59 Å². The molecule has 0 aliphatic heterocycles. The fourth-order valence-corrected chi connectivity index (χ4v) is 7.86. The average Bonchev–Trinajstić information content (AvgIpc) is 3.34. The fraction of sp³-hybridized carbons (Fsp3) is 0.704. The Hall–Kier alpha value is -4.88. The van der Waals surface area contributed by atoms with E-state index in [0.29, 0.717) is 56.2 Å². The predicted molar refractivity (Wildman–Crippen MR) is 281 cm³/mol. The van der Waals surface area contributed by atoms with Crippen molar-refractivity contribution in [2.24, 2.45) is 10.2 Å². The Labute approximate surface area is 411 Å². The van der Waals surface area contributed by atoms with Gasteiger partial charge in [0.15, 0.2) is 5.82 Å².